The minimum absolute atomic E-state index is 0.672. The van der Waals surface area contributed by atoms with Crippen molar-refractivity contribution in [1.29, 1.82) is 0 Å². The van der Waals surface area contributed by atoms with Gasteiger partial charge in [-0.15, -0.1) is 0 Å². The number of nitrogens with one attached hydrogen (secondary N) is 3. The number of hydrogen-bond donors (Lipinski definition) is 3. The minimum Gasteiger partial charge on any atom is -0.361 e. The van der Waals surface area contributed by atoms with Gasteiger partial charge in [0.1, 0.15) is 5.82 Å². The summed E-state index contributed by atoms with van der Waals surface area (Å²) in [4.78, 5) is 12.3. The van der Waals surface area contributed by atoms with Crippen LogP contribution in [0.25, 0.3) is 10.9 Å². The van der Waals surface area contributed by atoms with Crippen molar-refractivity contribution in [2.45, 2.75) is 13.8 Å². The molecule has 3 N–H and O–H groups in total. The quantitative estimate of drug-likeness (QED) is 0.588. The molecule has 31 heavy (non-hydrogen) atoms. The Morgan fingerprint density at radius 3 is 2.58 bits per heavy atom. The van der Waals surface area contributed by atoms with E-state index in [2.05, 4.69) is 68.8 Å². The van der Waals surface area contributed by atoms with Crippen molar-refractivity contribution in [2.75, 3.05) is 82.2 Å². The molecule has 1 aromatic carbocycles. The number of hydrogen-bond acceptors (Lipinski definition) is 6. The molecule has 0 atom stereocenters. The molecule has 0 amide bonds. The maximum absolute atomic E-state index is 5.50. The van der Waals surface area contributed by atoms with Crippen LogP contribution < -0.4 is 20.9 Å². The number of thiocarbonyl (C=S) groups is 1. The number of likely N-dealkylation sites (N-methyl/N-ethyl adjacent to an activating group) is 1. The summed E-state index contributed by atoms with van der Waals surface area (Å²) in [5, 5.41) is 11.9. The van der Waals surface area contributed by atoms with Crippen LogP contribution in [0.2, 0.25) is 0 Å². The van der Waals surface area contributed by atoms with Crippen LogP contribution in [0, 0.1) is 6.92 Å². The van der Waals surface area contributed by atoms with Gasteiger partial charge in [-0.05, 0) is 55.5 Å². The predicted molar refractivity (Wildman–Crippen MR) is 134 cm³/mol. The molecule has 2 aromatic rings. The van der Waals surface area contributed by atoms with Crippen LogP contribution >= 0.6 is 12.2 Å². The molecule has 168 valence electrons. The first kappa shape index (κ1) is 22.2. The van der Waals surface area contributed by atoms with Crippen molar-refractivity contribution in [3.63, 3.8) is 0 Å². The molecule has 0 spiro atoms. The summed E-state index contributed by atoms with van der Waals surface area (Å²) in [6.07, 6.45) is 0. The summed E-state index contributed by atoms with van der Waals surface area (Å²) in [5.41, 5.74) is 3.29. The van der Waals surface area contributed by atoms with Crippen molar-refractivity contribution >= 4 is 39.7 Å². The molecule has 0 bridgehead atoms. The highest BCUT2D eigenvalue weighted by molar-refractivity contribution is 7.80. The molecule has 8 heteroatoms. The number of anilines is 2. The van der Waals surface area contributed by atoms with Gasteiger partial charge < -0.3 is 25.8 Å². The van der Waals surface area contributed by atoms with Crippen LogP contribution in [-0.2, 0) is 0 Å². The number of aryl methyl sites for hydroxylation is 1. The first-order valence-corrected chi connectivity index (χ1v) is 11.9. The van der Waals surface area contributed by atoms with E-state index in [1.165, 1.54) is 10.9 Å². The first-order valence-electron chi connectivity index (χ1n) is 11.5. The van der Waals surface area contributed by atoms with E-state index < -0.39 is 0 Å². The van der Waals surface area contributed by atoms with Gasteiger partial charge in [0.15, 0.2) is 5.11 Å². The second-order valence-electron chi connectivity index (χ2n) is 8.42. The third-order valence-electron chi connectivity index (χ3n) is 6.33. The standard InChI is InChI=1S/C23H35N7S/c1-3-28-12-14-30(15-13-28)22-16-18(2)20-17-19(4-5-21(20)27-22)26-23(31)25-8-11-29-9-6-24-7-10-29/h4-5,16-17,24H,3,6-15H2,1-2H3,(H2,25,26,31). The highest BCUT2D eigenvalue weighted by Gasteiger charge is 2.18. The lowest BCUT2D eigenvalue weighted by molar-refractivity contribution is 0.245. The lowest BCUT2D eigenvalue weighted by Gasteiger charge is -2.35. The second-order valence-corrected chi connectivity index (χ2v) is 8.83. The molecule has 2 fully saturated rings. The SMILES string of the molecule is CCN1CCN(c2cc(C)c3cc(NC(=S)NCCN4CCNCC4)ccc3n2)CC1. The Kier molecular flexibility index (Phi) is 7.55. The van der Waals surface area contributed by atoms with E-state index in [1.54, 1.807) is 0 Å². The predicted octanol–water partition coefficient (Wildman–Crippen LogP) is 1.88. The Balaban J connectivity index is 1.35. The molecule has 1 aromatic heterocycles. The van der Waals surface area contributed by atoms with Crippen molar-refractivity contribution < 1.29 is 0 Å². The van der Waals surface area contributed by atoms with Gasteiger partial charge in [-0.1, -0.05) is 6.92 Å². The third kappa shape index (κ3) is 5.83. The van der Waals surface area contributed by atoms with E-state index in [4.69, 9.17) is 17.2 Å². The molecular weight excluding hydrogens is 406 g/mol. The average Bonchev–Trinajstić information content (AvgIpc) is 2.80. The molecule has 2 aliphatic heterocycles. The van der Waals surface area contributed by atoms with Gasteiger partial charge in [0.05, 0.1) is 5.52 Å². The molecule has 2 aliphatic rings. The third-order valence-corrected chi connectivity index (χ3v) is 6.57. The normalized spacial score (nSPS) is 18.3. The number of pyridine rings is 1. The molecule has 4 rings (SSSR count). The van der Waals surface area contributed by atoms with Crippen LogP contribution in [0.5, 0.6) is 0 Å². The Hall–Kier alpha value is -2.00. The molecule has 7 nitrogen and oxygen atoms in total. The van der Waals surface area contributed by atoms with Crippen LogP contribution in [0.3, 0.4) is 0 Å². The van der Waals surface area contributed by atoms with Gasteiger partial charge in [-0.2, -0.15) is 0 Å². The minimum atomic E-state index is 0.672. The number of benzene rings is 1. The van der Waals surface area contributed by atoms with Crippen LogP contribution in [-0.4, -0.2) is 91.9 Å². The monoisotopic (exact) mass is 441 g/mol. The van der Waals surface area contributed by atoms with Gasteiger partial charge >= 0.3 is 0 Å². The molecular formula is C23H35N7S. The number of rotatable bonds is 6. The van der Waals surface area contributed by atoms with Crippen molar-refractivity contribution in [1.82, 2.24) is 25.4 Å². The molecule has 2 saturated heterocycles. The molecule has 0 unspecified atom stereocenters. The fourth-order valence-electron chi connectivity index (χ4n) is 4.35. The molecule has 0 aliphatic carbocycles. The van der Waals surface area contributed by atoms with Crippen LogP contribution in [0.1, 0.15) is 12.5 Å². The van der Waals surface area contributed by atoms with Gasteiger partial charge in [-0.25, -0.2) is 4.98 Å². The maximum atomic E-state index is 5.50. The average molecular weight is 442 g/mol. The van der Waals surface area contributed by atoms with E-state index in [0.717, 1.165) is 89.0 Å². The Labute approximate surface area is 191 Å². The number of aromatic nitrogens is 1. The zero-order chi connectivity index (χ0) is 21.6. The topological polar surface area (TPSA) is 58.7 Å². The van der Waals surface area contributed by atoms with Gasteiger partial charge in [0, 0.05) is 76.5 Å². The second kappa shape index (κ2) is 10.5. The van der Waals surface area contributed by atoms with E-state index in [9.17, 15) is 0 Å². The van der Waals surface area contributed by atoms with E-state index >= 15 is 0 Å². The molecule has 3 heterocycles. The van der Waals surface area contributed by atoms with Crippen LogP contribution in [0.4, 0.5) is 11.5 Å². The summed E-state index contributed by atoms with van der Waals surface area (Å²) >= 11 is 5.50. The van der Waals surface area contributed by atoms with Gasteiger partial charge in [0.2, 0.25) is 0 Å². The van der Waals surface area contributed by atoms with Gasteiger partial charge in [-0.3, -0.25) is 4.90 Å². The number of fused-ring (bicyclic) bond motifs is 1. The summed E-state index contributed by atoms with van der Waals surface area (Å²) in [7, 11) is 0. The Bertz CT molecular complexity index is 889. The summed E-state index contributed by atoms with van der Waals surface area (Å²) in [6, 6.07) is 8.54. The zero-order valence-corrected chi connectivity index (χ0v) is 19.6. The maximum Gasteiger partial charge on any atom is 0.170 e. The Morgan fingerprint density at radius 1 is 1.06 bits per heavy atom. The van der Waals surface area contributed by atoms with Gasteiger partial charge in [0.25, 0.3) is 0 Å². The zero-order valence-electron chi connectivity index (χ0n) is 18.8. The van der Waals surface area contributed by atoms with Crippen molar-refractivity contribution in [2.24, 2.45) is 0 Å². The first-order chi connectivity index (χ1) is 15.1. The molecule has 0 radical (unpaired) electrons. The van der Waals surface area contributed by atoms with E-state index in [0.29, 0.717) is 5.11 Å². The highest BCUT2D eigenvalue weighted by atomic mass is 32.1. The fraction of sp³-hybridized carbons (Fsp3) is 0.565. The summed E-state index contributed by atoms with van der Waals surface area (Å²) < 4.78 is 0. The number of piperazine rings is 2. The number of nitrogens with zero attached hydrogens (tertiary/aromatic N) is 4. The smallest absolute Gasteiger partial charge is 0.170 e. The Morgan fingerprint density at radius 2 is 1.84 bits per heavy atom. The van der Waals surface area contributed by atoms with Crippen LogP contribution in [0.15, 0.2) is 24.3 Å². The van der Waals surface area contributed by atoms with Crippen molar-refractivity contribution in [3.8, 4) is 0 Å². The van der Waals surface area contributed by atoms with E-state index in [1.807, 2.05) is 0 Å². The summed E-state index contributed by atoms with van der Waals surface area (Å²) in [6.45, 7) is 16.1. The van der Waals surface area contributed by atoms with Crippen molar-refractivity contribution in [3.05, 3.63) is 29.8 Å². The largest absolute Gasteiger partial charge is 0.361 e. The lowest BCUT2D eigenvalue weighted by atomic mass is 10.1. The summed E-state index contributed by atoms with van der Waals surface area (Å²) in [5.74, 6) is 1.09. The molecule has 0 saturated carbocycles. The highest BCUT2D eigenvalue weighted by Crippen LogP contribution is 2.26. The van der Waals surface area contributed by atoms with E-state index in [-0.39, 0.29) is 0 Å². The fourth-order valence-corrected chi connectivity index (χ4v) is 4.57. The lowest BCUT2D eigenvalue weighted by Crippen LogP contribution is -2.46.